The van der Waals surface area contributed by atoms with Crippen molar-refractivity contribution in [1.82, 2.24) is 15.1 Å². The zero-order valence-corrected chi connectivity index (χ0v) is 19.9. The van der Waals surface area contributed by atoms with Crippen molar-refractivity contribution < 1.29 is 9.59 Å². The number of nitrogens with one attached hydrogen (secondary N) is 1. The van der Waals surface area contributed by atoms with E-state index in [1.807, 2.05) is 45.0 Å². The van der Waals surface area contributed by atoms with Crippen LogP contribution in [-0.4, -0.2) is 60.8 Å². The van der Waals surface area contributed by atoms with Crippen LogP contribution in [-0.2, 0) is 11.3 Å². The lowest BCUT2D eigenvalue weighted by atomic mass is 9.95. The summed E-state index contributed by atoms with van der Waals surface area (Å²) >= 11 is 0. The van der Waals surface area contributed by atoms with Crippen molar-refractivity contribution in [2.75, 3.05) is 39.3 Å². The zero-order chi connectivity index (χ0) is 22.4. The summed E-state index contributed by atoms with van der Waals surface area (Å²) in [6.07, 6.45) is 1.49. The highest BCUT2D eigenvalue weighted by Gasteiger charge is 2.22. The molecular formula is C25H41N3O2. The maximum absolute atomic E-state index is 12.5. The number of carbonyl (C=O) groups is 2. The topological polar surface area (TPSA) is 52.6 Å². The van der Waals surface area contributed by atoms with Crippen LogP contribution in [0.3, 0.4) is 0 Å². The Hall–Kier alpha value is -1.72. The smallest absolute Gasteiger partial charge is 0.225 e. The third-order valence-corrected chi connectivity index (χ3v) is 5.45. The highest BCUT2D eigenvalue weighted by atomic mass is 16.2. The van der Waals surface area contributed by atoms with Crippen LogP contribution in [0.4, 0.5) is 0 Å². The number of nitrogens with zero attached hydrogens (tertiary/aromatic N) is 2. The van der Waals surface area contributed by atoms with Gasteiger partial charge in [-0.15, -0.1) is 0 Å². The fraction of sp³-hybridized carbons (Fsp3) is 0.680. The molecule has 1 aliphatic heterocycles. The van der Waals surface area contributed by atoms with Gasteiger partial charge in [0.05, 0.1) is 0 Å². The molecule has 0 radical (unpaired) electrons. The number of amides is 1. The summed E-state index contributed by atoms with van der Waals surface area (Å²) < 4.78 is 0. The van der Waals surface area contributed by atoms with Crippen LogP contribution < -0.4 is 5.32 Å². The minimum absolute atomic E-state index is 0.0295. The van der Waals surface area contributed by atoms with Crippen LogP contribution in [0.2, 0.25) is 0 Å². The van der Waals surface area contributed by atoms with E-state index in [-0.39, 0.29) is 11.7 Å². The normalized spacial score (nSPS) is 16.5. The molecule has 0 unspecified atom stereocenters. The maximum atomic E-state index is 12.5. The minimum atomic E-state index is -0.394. The lowest BCUT2D eigenvalue weighted by Gasteiger charge is -2.37. The van der Waals surface area contributed by atoms with Gasteiger partial charge in [-0.25, -0.2) is 0 Å². The van der Waals surface area contributed by atoms with E-state index in [0.29, 0.717) is 18.4 Å². The predicted octanol–water partition coefficient (Wildman–Crippen LogP) is 3.98. The van der Waals surface area contributed by atoms with Gasteiger partial charge in [0.25, 0.3) is 0 Å². The van der Waals surface area contributed by atoms with Crippen molar-refractivity contribution in [3.8, 4) is 0 Å². The average molecular weight is 416 g/mol. The van der Waals surface area contributed by atoms with Gasteiger partial charge in [0.15, 0.2) is 5.78 Å². The van der Waals surface area contributed by atoms with Crippen LogP contribution in [0, 0.1) is 10.8 Å². The third-order valence-electron chi connectivity index (χ3n) is 5.45. The second-order valence-corrected chi connectivity index (χ2v) is 10.8. The number of Topliss-reactive ketones (excluding diaryl/α,β-unsaturated/α-hetero) is 1. The number of hydrogen-bond donors (Lipinski definition) is 1. The highest BCUT2D eigenvalue weighted by Crippen LogP contribution is 2.17. The Morgan fingerprint density at radius 3 is 2.00 bits per heavy atom. The summed E-state index contributed by atoms with van der Waals surface area (Å²) in [7, 11) is 0. The number of benzene rings is 1. The van der Waals surface area contributed by atoms with Crippen molar-refractivity contribution in [3.05, 3.63) is 35.4 Å². The Balaban J connectivity index is 1.69. The van der Waals surface area contributed by atoms with E-state index < -0.39 is 5.41 Å². The van der Waals surface area contributed by atoms with E-state index in [1.165, 1.54) is 0 Å². The maximum Gasteiger partial charge on any atom is 0.225 e. The van der Waals surface area contributed by atoms with Gasteiger partial charge < -0.3 is 15.1 Å². The number of ketones is 1. The molecule has 2 rings (SSSR count). The Morgan fingerprint density at radius 2 is 1.47 bits per heavy atom. The number of rotatable bonds is 8. The average Bonchev–Trinajstić information content (AvgIpc) is 2.66. The van der Waals surface area contributed by atoms with E-state index in [4.69, 9.17) is 0 Å². The summed E-state index contributed by atoms with van der Waals surface area (Å²) in [4.78, 5) is 29.5. The monoisotopic (exact) mass is 415 g/mol. The molecule has 5 nitrogen and oxygen atoms in total. The van der Waals surface area contributed by atoms with Crippen molar-refractivity contribution in [1.29, 1.82) is 0 Å². The van der Waals surface area contributed by atoms with Gasteiger partial charge in [0.1, 0.15) is 0 Å². The minimum Gasteiger partial charge on any atom is -0.352 e. The van der Waals surface area contributed by atoms with Crippen LogP contribution in [0.1, 0.15) is 70.3 Å². The molecule has 30 heavy (non-hydrogen) atoms. The molecule has 5 heteroatoms. The standard InChI is InChI=1S/C25H41N3O2/c1-24(2,3)19-28-16-14-27(15-17-28)13-7-8-22(29)21-11-9-20(10-12-21)18-26-23(30)25(4,5)6/h9-12H,7-8,13-19H2,1-6H3,(H,26,30). The fourth-order valence-corrected chi connectivity index (χ4v) is 3.71. The molecule has 1 aromatic carbocycles. The van der Waals surface area contributed by atoms with Crippen LogP contribution in [0.15, 0.2) is 24.3 Å². The molecule has 0 atom stereocenters. The summed E-state index contributed by atoms with van der Waals surface area (Å²) in [6, 6.07) is 7.63. The molecule has 168 valence electrons. The number of carbonyl (C=O) groups excluding carboxylic acids is 2. The molecule has 0 spiro atoms. The molecule has 1 saturated heterocycles. The van der Waals surface area contributed by atoms with Crippen molar-refractivity contribution in [3.63, 3.8) is 0 Å². The van der Waals surface area contributed by atoms with Crippen LogP contribution >= 0.6 is 0 Å². The molecule has 1 aromatic rings. The first-order valence-corrected chi connectivity index (χ1v) is 11.3. The molecule has 0 bridgehead atoms. The van der Waals surface area contributed by atoms with Gasteiger partial charge in [0.2, 0.25) is 5.91 Å². The van der Waals surface area contributed by atoms with Gasteiger partial charge in [-0.3, -0.25) is 9.59 Å². The summed E-state index contributed by atoms with van der Waals surface area (Å²) in [5.41, 5.74) is 1.73. The molecule has 1 N–H and O–H groups in total. The molecule has 1 aliphatic rings. The molecule has 1 amide bonds. The SMILES string of the molecule is CC(C)(C)CN1CCN(CCCC(=O)c2ccc(CNC(=O)C(C)(C)C)cc2)CC1. The molecule has 1 fully saturated rings. The third kappa shape index (κ3) is 8.57. The Bertz CT molecular complexity index is 691. The largest absolute Gasteiger partial charge is 0.352 e. The lowest BCUT2D eigenvalue weighted by molar-refractivity contribution is -0.128. The molecular weight excluding hydrogens is 374 g/mol. The Labute approximate surface area is 183 Å². The summed E-state index contributed by atoms with van der Waals surface area (Å²) in [5, 5.41) is 2.94. The Kier molecular flexibility index (Phi) is 8.62. The van der Waals surface area contributed by atoms with Crippen molar-refractivity contribution in [2.45, 2.75) is 60.9 Å². The van der Waals surface area contributed by atoms with E-state index >= 15 is 0 Å². The van der Waals surface area contributed by atoms with Crippen molar-refractivity contribution in [2.24, 2.45) is 10.8 Å². The number of piperazine rings is 1. The molecule has 0 aliphatic carbocycles. The van der Waals surface area contributed by atoms with E-state index in [1.54, 1.807) is 0 Å². The quantitative estimate of drug-likeness (QED) is 0.653. The van der Waals surface area contributed by atoms with Gasteiger partial charge in [0, 0.05) is 56.7 Å². The lowest BCUT2D eigenvalue weighted by Crippen LogP contribution is -2.48. The number of hydrogen-bond acceptors (Lipinski definition) is 4. The van der Waals surface area contributed by atoms with Crippen molar-refractivity contribution >= 4 is 11.7 Å². The molecule has 1 heterocycles. The zero-order valence-electron chi connectivity index (χ0n) is 19.9. The summed E-state index contributed by atoms with van der Waals surface area (Å²) in [5.74, 6) is 0.230. The molecule has 0 aromatic heterocycles. The van der Waals surface area contributed by atoms with Gasteiger partial charge >= 0.3 is 0 Å². The van der Waals surface area contributed by atoms with Crippen LogP contribution in [0.5, 0.6) is 0 Å². The second kappa shape index (κ2) is 10.5. The van der Waals surface area contributed by atoms with E-state index in [9.17, 15) is 9.59 Å². The van der Waals surface area contributed by atoms with E-state index in [2.05, 4.69) is 35.9 Å². The fourth-order valence-electron chi connectivity index (χ4n) is 3.71. The van der Waals surface area contributed by atoms with E-state index in [0.717, 1.165) is 56.8 Å². The molecule has 0 saturated carbocycles. The predicted molar refractivity (Wildman–Crippen MR) is 124 cm³/mol. The first-order valence-electron chi connectivity index (χ1n) is 11.3. The summed E-state index contributed by atoms with van der Waals surface area (Å²) in [6.45, 7) is 19.6. The highest BCUT2D eigenvalue weighted by molar-refractivity contribution is 5.96. The van der Waals surface area contributed by atoms with Crippen LogP contribution in [0.25, 0.3) is 0 Å². The van der Waals surface area contributed by atoms with Gasteiger partial charge in [-0.05, 0) is 23.9 Å². The van der Waals surface area contributed by atoms with Gasteiger partial charge in [-0.1, -0.05) is 65.8 Å². The van der Waals surface area contributed by atoms with Gasteiger partial charge in [-0.2, -0.15) is 0 Å². The second-order valence-electron chi connectivity index (χ2n) is 10.8. The first kappa shape index (κ1) is 24.5. The Morgan fingerprint density at radius 1 is 0.900 bits per heavy atom. The first-order chi connectivity index (χ1) is 13.9.